The van der Waals surface area contributed by atoms with Crippen molar-refractivity contribution < 1.29 is 14.6 Å². The minimum Gasteiger partial charge on any atom is -0.394 e. The predicted octanol–water partition coefficient (Wildman–Crippen LogP) is 2.01. The van der Waals surface area contributed by atoms with E-state index in [0.29, 0.717) is 19.6 Å². The normalized spacial score (nSPS) is 17.1. The molecule has 2 rings (SSSR count). The van der Waals surface area contributed by atoms with E-state index in [9.17, 15) is 4.79 Å². The van der Waals surface area contributed by atoms with Gasteiger partial charge in [-0.25, -0.2) is 0 Å². The molecule has 0 atom stereocenters. The van der Waals surface area contributed by atoms with Gasteiger partial charge < -0.3 is 15.2 Å². The lowest BCUT2D eigenvalue weighted by atomic mass is 9.96. The van der Waals surface area contributed by atoms with E-state index in [1.807, 2.05) is 42.1 Å². The Hall–Kier alpha value is -1.04. The van der Waals surface area contributed by atoms with Crippen LogP contribution in [0.4, 0.5) is 0 Å². The van der Waals surface area contributed by atoms with Gasteiger partial charge in [0.05, 0.1) is 18.8 Å². The van der Waals surface area contributed by atoms with Crippen molar-refractivity contribution in [1.82, 2.24) is 5.32 Å². The van der Waals surface area contributed by atoms with Gasteiger partial charge in [-0.1, -0.05) is 30.3 Å². The summed E-state index contributed by atoms with van der Waals surface area (Å²) >= 11 is 1.92. The monoisotopic (exact) mass is 323 g/mol. The van der Waals surface area contributed by atoms with Gasteiger partial charge in [-0.2, -0.15) is 11.8 Å². The zero-order valence-electron chi connectivity index (χ0n) is 12.9. The van der Waals surface area contributed by atoms with E-state index in [1.165, 1.54) is 5.56 Å². The van der Waals surface area contributed by atoms with Gasteiger partial charge in [0.15, 0.2) is 0 Å². The van der Waals surface area contributed by atoms with Crippen LogP contribution in [0.25, 0.3) is 0 Å². The Balaban J connectivity index is 1.77. The second-order valence-electron chi connectivity index (χ2n) is 5.63. The number of benzene rings is 1. The Morgan fingerprint density at radius 1 is 1.27 bits per heavy atom. The molecular weight excluding hydrogens is 298 g/mol. The van der Waals surface area contributed by atoms with Crippen LogP contribution in [0.15, 0.2) is 30.3 Å². The van der Waals surface area contributed by atoms with Crippen molar-refractivity contribution in [3.8, 4) is 0 Å². The van der Waals surface area contributed by atoms with Crippen molar-refractivity contribution in [2.45, 2.75) is 31.3 Å². The molecule has 0 bridgehead atoms. The molecule has 1 amide bonds. The van der Waals surface area contributed by atoms with Crippen LogP contribution >= 0.6 is 11.8 Å². The molecule has 1 saturated heterocycles. The number of nitrogens with one attached hydrogen (secondary N) is 1. The maximum Gasteiger partial charge on any atom is 0.220 e. The zero-order valence-corrected chi connectivity index (χ0v) is 13.7. The summed E-state index contributed by atoms with van der Waals surface area (Å²) < 4.78 is 5.85. The molecule has 1 fully saturated rings. The Labute approximate surface area is 136 Å². The number of hydrogen-bond acceptors (Lipinski definition) is 4. The van der Waals surface area contributed by atoms with Gasteiger partial charge in [-0.05, 0) is 36.3 Å². The summed E-state index contributed by atoms with van der Waals surface area (Å²) in [4.78, 5) is 12.1. The fourth-order valence-electron chi connectivity index (χ4n) is 2.63. The van der Waals surface area contributed by atoms with Crippen LogP contribution in [0.2, 0.25) is 0 Å². The number of hydrogen-bond donors (Lipinski definition) is 2. The molecule has 1 aliphatic heterocycles. The van der Waals surface area contributed by atoms with E-state index < -0.39 is 0 Å². The highest BCUT2D eigenvalue weighted by Crippen LogP contribution is 2.30. The van der Waals surface area contributed by atoms with E-state index >= 15 is 0 Å². The summed E-state index contributed by atoms with van der Waals surface area (Å²) in [5.74, 6) is 2.16. The highest BCUT2D eigenvalue weighted by atomic mass is 32.2. The van der Waals surface area contributed by atoms with E-state index in [1.54, 1.807) is 0 Å². The highest BCUT2D eigenvalue weighted by Gasteiger charge is 2.33. The summed E-state index contributed by atoms with van der Waals surface area (Å²) in [5, 5.41) is 12.0. The molecule has 0 aliphatic carbocycles. The largest absolute Gasteiger partial charge is 0.394 e. The molecule has 1 aliphatic rings. The Kier molecular flexibility index (Phi) is 7.22. The molecular formula is C17H25NO3S. The number of thioether (sulfide) groups is 1. The van der Waals surface area contributed by atoms with Gasteiger partial charge in [-0.3, -0.25) is 4.79 Å². The number of carbonyl (C=O) groups excluding carboxylic acids is 1. The first-order chi connectivity index (χ1) is 10.7. The fraction of sp³-hybridized carbons (Fsp3) is 0.588. The first kappa shape index (κ1) is 17.3. The van der Waals surface area contributed by atoms with E-state index in [2.05, 4.69) is 5.32 Å². The molecule has 2 N–H and O–H groups in total. The first-order valence-electron chi connectivity index (χ1n) is 7.87. The fourth-order valence-corrected chi connectivity index (χ4v) is 3.87. The SMILES string of the molecule is O=C(CCc1ccccc1)NCC1(OCCO)CCSCC1. The van der Waals surface area contributed by atoms with Crippen LogP contribution in [0, 0.1) is 0 Å². The molecule has 0 saturated carbocycles. The summed E-state index contributed by atoms with van der Waals surface area (Å²) in [6.07, 6.45) is 3.11. The van der Waals surface area contributed by atoms with Crippen molar-refractivity contribution in [1.29, 1.82) is 0 Å². The quantitative estimate of drug-likeness (QED) is 0.768. The van der Waals surface area contributed by atoms with Gasteiger partial charge in [0.1, 0.15) is 0 Å². The van der Waals surface area contributed by atoms with E-state index in [-0.39, 0.29) is 18.1 Å². The van der Waals surface area contributed by atoms with Crippen LogP contribution in [0.3, 0.4) is 0 Å². The second-order valence-corrected chi connectivity index (χ2v) is 6.85. The Morgan fingerprint density at radius 2 is 2.00 bits per heavy atom. The van der Waals surface area contributed by atoms with Crippen molar-refractivity contribution in [3.05, 3.63) is 35.9 Å². The number of aryl methyl sites for hydroxylation is 1. The smallest absolute Gasteiger partial charge is 0.220 e. The van der Waals surface area contributed by atoms with Gasteiger partial charge in [0.2, 0.25) is 5.91 Å². The lowest BCUT2D eigenvalue weighted by Gasteiger charge is -2.37. The van der Waals surface area contributed by atoms with Crippen molar-refractivity contribution in [2.24, 2.45) is 0 Å². The van der Waals surface area contributed by atoms with E-state index in [4.69, 9.17) is 9.84 Å². The number of aliphatic hydroxyl groups is 1. The second kappa shape index (κ2) is 9.18. The molecule has 5 heteroatoms. The maximum absolute atomic E-state index is 12.1. The Morgan fingerprint density at radius 3 is 2.68 bits per heavy atom. The third-order valence-electron chi connectivity index (χ3n) is 3.99. The molecule has 0 aromatic heterocycles. The van der Waals surface area contributed by atoms with Crippen LogP contribution in [0.1, 0.15) is 24.8 Å². The predicted molar refractivity (Wildman–Crippen MR) is 90.1 cm³/mol. The molecule has 122 valence electrons. The Bertz CT molecular complexity index is 446. The molecule has 22 heavy (non-hydrogen) atoms. The van der Waals surface area contributed by atoms with Crippen molar-refractivity contribution >= 4 is 17.7 Å². The molecule has 1 aromatic rings. The summed E-state index contributed by atoms with van der Waals surface area (Å²) in [6.45, 7) is 0.905. The van der Waals surface area contributed by atoms with Gasteiger partial charge in [-0.15, -0.1) is 0 Å². The van der Waals surface area contributed by atoms with Crippen LogP contribution in [-0.2, 0) is 16.0 Å². The topological polar surface area (TPSA) is 58.6 Å². The molecule has 1 heterocycles. The van der Waals surface area contributed by atoms with Crippen LogP contribution in [0.5, 0.6) is 0 Å². The average molecular weight is 323 g/mol. The first-order valence-corrected chi connectivity index (χ1v) is 9.03. The van der Waals surface area contributed by atoms with Gasteiger partial charge >= 0.3 is 0 Å². The summed E-state index contributed by atoms with van der Waals surface area (Å²) in [5.41, 5.74) is 0.883. The van der Waals surface area contributed by atoms with Crippen LogP contribution in [-0.4, -0.2) is 47.9 Å². The average Bonchev–Trinajstić information content (AvgIpc) is 2.58. The molecule has 0 radical (unpaired) electrons. The molecule has 1 aromatic carbocycles. The summed E-state index contributed by atoms with van der Waals surface area (Å²) in [7, 11) is 0. The van der Waals surface area contributed by atoms with Gasteiger partial charge in [0, 0.05) is 13.0 Å². The number of carbonyl (C=O) groups is 1. The lowest BCUT2D eigenvalue weighted by molar-refractivity contribution is -0.123. The van der Waals surface area contributed by atoms with Crippen molar-refractivity contribution in [3.63, 3.8) is 0 Å². The maximum atomic E-state index is 12.1. The lowest BCUT2D eigenvalue weighted by Crippen LogP contribution is -2.48. The summed E-state index contributed by atoms with van der Waals surface area (Å²) in [6, 6.07) is 10.0. The third kappa shape index (κ3) is 5.63. The van der Waals surface area contributed by atoms with Crippen molar-refractivity contribution in [2.75, 3.05) is 31.3 Å². The number of aliphatic hydroxyl groups excluding tert-OH is 1. The number of rotatable bonds is 8. The number of amides is 1. The minimum atomic E-state index is -0.295. The highest BCUT2D eigenvalue weighted by molar-refractivity contribution is 7.99. The minimum absolute atomic E-state index is 0.0246. The van der Waals surface area contributed by atoms with E-state index in [0.717, 1.165) is 30.8 Å². The number of ether oxygens (including phenoxy) is 1. The molecule has 0 unspecified atom stereocenters. The standard InChI is InChI=1S/C17H25NO3S/c19-10-11-21-17(8-12-22-13-9-17)14-18-16(20)7-6-15-4-2-1-3-5-15/h1-5,19H,6-14H2,(H,18,20). The van der Waals surface area contributed by atoms with Crippen LogP contribution < -0.4 is 5.32 Å². The molecule has 0 spiro atoms. The third-order valence-corrected chi connectivity index (χ3v) is 4.98. The molecule has 4 nitrogen and oxygen atoms in total. The van der Waals surface area contributed by atoms with Gasteiger partial charge in [0.25, 0.3) is 0 Å². The zero-order chi connectivity index (χ0) is 15.7.